The first-order chi connectivity index (χ1) is 17.5. The van der Waals surface area contributed by atoms with Gasteiger partial charge in [-0.2, -0.15) is 18.3 Å². The Labute approximate surface area is 213 Å². The molecule has 0 saturated heterocycles. The van der Waals surface area contributed by atoms with Gasteiger partial charge >= 0.3 is 12.1 Å². The highest BCUT2D eigenvalue weighted by atomic mass is 19.4. The van der Waals surface area contributed by atoms with Gasteiger partial charge < -0.3 is 14.8 Å². The Morgan fingerprint density at radius 2 is 1.84 bits per heavy atom. The first-order valence-electron chi connectivity index (χ1n) is 11.9. The maximum Gasteiger partial charge on any atom is 0.419 e. The molecule has 0 aliphatic rings. The smallest absolute Gasteiger partial charge is 0.419 e. The van der Waals surface area contributed by atoms with Gasteiger partial charge in [-0.1, -0.05) is 31.5 Å². The summed E-state index contributed by atoms with van der Waals surface area (Å²) in [4.78, 5) is 23.6. The molecule has 0 radical (unpaired) electrons. The third-order valence-electron chi connectivity index (χ3n) is 5.76. The minimum absolute atomic E-state index is 0.0751. The third-order valence-corrected chi connectivity index (χ3v) is 5.76. The Balaban J connectivity index is 1.85. The number of carbonyl (C=O) groups excluding carboxylic acids is 2. The highest BCUT2D eigenvalue weighted by Gasteiger charge is 2.33. The van der Waals surface area contributed by atoms with Crippen LogP contribution in [0.1, 0.15) is 64.9 Å². The van der Waals surface area contributed by atoms with E-state index in [-0.39, 0.29) is 18.9 Å². The number of hydrogen-bond donors (Lipinski definition) is 1. The van der Waals surface area contributed by atoms with Crippen LogP contribution < -0.4 is 10.1 Å². The molecule has 0 saturated carbocycles. The van der Waals surface area contributed by atoms with E-state index in [1.165, 1.54) is 11.8 Å². The number of esters is 1. The zero-order valence-corrected chi connectivity index (χ0v) is 21.2. The Morgan fingerprint density at radius 1 is 1.14 bits per heavy atom. The van der Waals surface area contributed by atoms with Crippen molar-refractivity contribution in [2.24, 2.45) is 0 Å². The second kappa shape index (κ2) is 11.9. The topological polar surface area (TPSA) is 82.5 Å². The molecule has 3 aromatic rings. The van der Waals surface area contributed by atoms with E-state index >= 15 is 0 Å². The number of alkyl halides is 3. The lowest BCUT2D eigenvalue weighted by molar-refractivity contribution is -0.140. The summed E-state index contributed by atoms with van der Waals surface area (Å²) in [6.45, 7) is 5.85. The predicted octanol–water partition coefficient (Wildman–Crippen LogP) is 5.72. The number of amides is 1. The molecule has 10 heteroatoms. The number of hydrogen-bond acceptors (Lipinski definition) is 5. The summed E-state index contributed by atoms with van der Waals surface area (Å²) in [5.74, 6) is -0.317. The molecule has 2 aromatic carbocycles. The lowest BCUT2D eigenvalue weighted by Crippen LogP contribution is -2.26. The lowest BCUT2D eigenvalue weighted by Gasteiger charge is -2.23. The van der Waals surface area contributed by atoms with E-state index in [9.17, 15) is 22.8 Å². The molecule has 0 spiro atoms. The van der Waals surface area contributed by atoms with Crippen LogP contribution in [-0.4, -0.2) is 35.3 Å². The molecule has 1 heterocycles. The van der Waals surface area contributed by atoms with Gasteiger partial charge in [-0.05, 0) is 55.2 Å². The molecule has 1 aromatic heterocycles. The molecule has 7 nitrogen and oxygen atoms in total. The summed E-state index contributed by atoms with van der Waals surface area (Å²) in [5.41, 5.74) is 2.45. The van der Waals surface area contributed by atoms with Gasteiger partial charge in [0.2, 0.25) is 0 Å². The second-order valence-electron chi connectivity index (χ2n) is 8.70. The number of carbonyl (C=O) groups is 2. The number of ether oxygens (including phenoxy) is 2. The largest absolute Gasteiger partial charge is 0.483 e. The number of nitrogens with zero attached hydrogens (tertiary/aromatic N) is 2. The van der Waals surface area contributed by atoms with E-state index in [2.05, 4.69) is 15.2 Å². The zero-order valence-electron chi connectivity index (χ0n) is 21.2. The van der Waals surface area contributed by atoms with E-state index in [0.29, 0.717) is 23.4 Å². The molecule has 1 N–H and O–H groups in total. The number of aromatic nitrogens is 2. The Hall–Kier alpha value is -3.82. The summed E-state index contributed by atoms with van der Waals surface area (Å²) >= 11 is 0. The van der Waals surface area contributed by atoms with Gasteiger partial charge in [-0.25, -0.2) is 4.68 Å². The Bertz CT molecular complexity index is 1240. The molecule has 1 atom stereocenters. The van der Waals surface area contributed by atoms with Gasteiger partial charge in [0.15, 0.2) is 0 Å². The fourth-order valence-corrected chi connectivity index (χ4v) is 3.94. The Morgan fingerprint density at radius 3 is 2.43 bits per heavy atom. The highest BCUT2D eigenvalue weighted by molar-refractivity contribution is 5.94. The van der Waals surface area contributed by atoms with Crippen molar-refractivity contribution in [3.05, 3.63) is 76.6 Å². The fourth-order valence-electron chi connectivity index (χ4n) is 3.94. The van der Waals surface area contributed by atoms with E-state index in [4.69, 9.17) is 4.74 Å². The molecule has 0 bridgehead atoms. The number of rotatable bonds is 10. The first kappa shape index (κ1) is 27.8. The number of methoxy groups -OCH3 is 1. The average molecular weight is 518 g/mol. The second-order valence-corrected chi connectivity index (χ2v) is 8.70. The van der Waals surface area contributed by atoms with Gasteiger partial charge in [0.05, 0.1) is 25.3 Å². The maximum atomic E-state index is 13.2. The molecule has 1 unspecified atom stereocenters. The van der Waals surface area contributed by atoms with Crippen molar-refractivity contribution in [2.75, 3.05) is 13.7 Å². The van der Waals surface area contributed by atoms with E-state index in [1.54, 1.807) is 37.3 Å². The molecular weight excluding hydrogens is 487 g/mol. The van der Waals surface area contributed by atoms with Crippen molar-refractivity contribution in [3.63, 3.8) is 0 Å². The standard InChI is InChI=1S/C27H30F3N3O4/c1-5-6-22(19-7-9-20(10-8-19)26(35)31-12-11-24(34)36-4)37-23-14-17(2)13-18(3)25(23)33-16-21(15-32-33)27(28,29)30/h7-10,13-16,22H,5-6,11-12H2,1-4H3,(H,31,35). The molecule has 198 valence electrons. The number of halogens is 3. The third kappa shape index (κ3) is 7.12. The number of benzene rings is 2. The summed E-state index contributed by atoms with van der Waals surface area (Å²) in [6, 6.07) is 10.5. The lowest BCUT2D eigenvalue weighted by atomic mass is 10.0. The molecule has 37 heavy (non-hydrogen) atoms. The summed E-state index contributed by atoms with van der Waals surface area (Å²) in [6.07, 6.45) is -1.65. The molecule has 0 aliphatic heterocycles. The van der Waals surface area contributed by atoms with E-state index < -0.39 is 23.8 Å². The average Bonchev–Trinajstić information content (AvgIpc) is 3.34. The van der Waals surface area contributed by atoms with Crippen LogP contribution >= 0.6 is 0 Å². The minimum Gasteiger partial charge on any atom is -0.483 e. The summed E-state index contributed by atoms with van der Waals surface area (Å²) in [7, 11) is 1.29. The van der Waals surface area contributed by atoms with Crippen LogP contribution in [0.4, 0.5) is 13.2 Å². The SMILES string of the molecule is CCCC(Oc1cc(C)cc(C)c1-n1cc(C(F)(F)F)cn1)c1ccc(C(=O)NCCC(=O)OC)cc1. The molecule has 1 amide bonds. The highest BCUT2D eigenvalue weighted by Crippen LogP contribution is 2.35. The van der Waals surface area contributed by atoms with Crippen LogP contribution in [0.15, 0.2) is 48.8 Å². The zero-order chi connectivity index (χ0) is 27.2. The predicted molar refractivity (Wildman–Crippen MR) is 132 cm³/mol. The maximum absolute atomic E-state index is 13.2. The van der Waals surface area contributed by atoms with Crippen LogP contribution in [-0.2, 0) is 15.7 Å². The van der Waals surface area contributed by atoms with Gasteiger partial charge in [0, 0.05) is 18.3 Å². The number of nitrogens with one attached hydrogen (secondary N) is 1. The van der Waals surface area contributed by atoms with Crippen LogP contribution in [0.25, 0.3) is 5.69 Å². The van der Waals surface area contributed by atoms with Crippen molar-refractivity contribution < 1.29 is 32.2 Å². The molecule has 3 rings (SSSR count). The summed E-state index contributed by atoms with van der Waals surface area (Å²) in [5, 5.41) is 6.61. The van der Waals surface area contributed by atoms with Crippen molar-refractivity contribution >= 4 is 11.9 Å². The molecular formula is C27H30F3N3O4. The van der Waals surface area contributed by atoms with Gasteiger partial charge in [0.1, 0.15) is 17.5 Å². The number of aryl methyl sites for hydroxylation is 2. The molecule has 0 fully saturated rings. The monoisotopic (exact) mass is 517 g/mol. The van der Waals surface area contributed by atoms with Gasteiger partial charge in [-0.15, -0.1) is 0 Å². The quantitative estimate of drug-likeness (QED) is 0.348. The van der Waals surface area contributed by atoms with Crippen molar-refractivity contribution in [1.82, 2.24) is 15.1 Å². The van der Waals surface area contributed by atoms with Crippen molar-refractivity contribution in [2.45, 2.75) is 52.3 Å². The van der Waals surface area contributed by atoms with Gasteiger partial charge in [0.25, 0.3) is 5.91 Å². The molecule has 0 aliphatic carbocycles. The summed E-state index contributed by atoms with van der Waals surface area (Å²) < 4.78 is 51.7. The van der Waals surface area contributed by atoms with Crippen LogP contribution in [0.3, 0.4) is 0 Å². The normalized spacial score (nSPS) is 12.2. The van der Waals surface area contributed by atoms with Gasteiger partial charge in [-0.3, -0.25) is 9.59 Å². The van der Waals surface area contributed by atoms with E-state index in [0.717, 1.165) is 35.5 Å². The van der Waals surface area contributed by atoms with Crippen LogP contribution in [0.2, 0.25) is 0 Å². The first-order valence-corrected chi connectivity index (χ1v) is 11.9. The fraction of sp³-hybridized carbons (Fsp3) is 0.370. The minimum atomic E-state index is -4.50. The van der Waals surface area contributed by atoms with Crippen molar-refractivity contribution in [3.8, 4) is 11.4 Å². The van der Waals surface area contributed by atoms with Crippen LogP contribution in [0.5, 0.6) is 5.75 Å². The van der Waals surface area contributed by atoms with Crippen LogP contribution in [0, 0.1) is 13.8 Å². The Kier molecular flexibility index (Phi) is 8.96. The van der Waals surface area contributed by atoms with Crippen molar-refractivity contribution in [1.29, 1.82) is 0 Å². The van der Waals surface area contributed by atoms with E-state index in [1.807, 2.05) is 19.9 Å².